The molecular formula is C43H48Cl4N16O2S2. The minimum atomic E-state index is -0.572. The summed E-state index contributed by atoms with van der Waals surface area (Å²) >= 11 is 29.4. The monoisotopic (exact) mass is 1020 g/mol. The first-order chi connectivity index (χ1) is 32.0. The summed E-state index contributed by atoms with van der Waals surface area (Å²) in [5, 5.41) is 22.3. The zero-order valence-corrected chi connectivity index (χ0v) is 42.4. The maximum absolute atomic E-state index is 12.8. The number of ether oxygens (including phenoxy) is 1. The maximum atomic E-state index is 12.8. The molecule has 2 atom stereocenters. The van der Waals surface area contributed by atoms with E-state index in [2.05, 4.69) is 44.9 Å². The number of carbonyl (C=O) groups excluding carboxylic acids is 1. The molecule has 0 aromatic carbocycles. The van der Waals surface area contributed by atoms with E-state index in [1.54, 1.807) is 39.1 Å². The van der Waals surface area contributed by atoms with Crippen LogP contribution in [0, 0.1) is 13.8 Å². The molecule has 10 rings (SSSR count). The summed E-state index contributed by atoms with van der Waals surface area (Å²) in [6.07, 6.45) is 14.4. The molecule has 18 nitrogen and oxygen atoms in total. The van der Waals surface area contributed by atoms with E-state index in [0.29, 0.717) is 67.1 Å². The summed E-state index contributed by atoms with van der Waals surface area (Å²) in [6.45, 7) is 12.2. The number of likely N-dealkylation sites (tertiary alicyclic amines) is 1. The van der Waals surface area contributed by atoms with Crippen LogP contribution >= 0.6 is 69.5 Å². The van der Waals surface area contributed by atoms with E-state index in [4.69, 9.17) is 61.1 Å². The van der Waals surface area contributed by atoms with Crippen molar-refractivity contribution in [2.75, 3.05) is 36.8 Å². The average Bonchev–Trinajstić information content (AvgIpc) is 4.18. The third-order valence-electron chi connectivity index (χ3n) is 11.4. The van der Waals surface area contributed by atoms with Crippen LogP contribution in [0.2, 0.25) is 20.4 Å². The van der Waals surface area contributed by atoms with Gasteiger partial charge in [-0.1, -0.05) is 46.4 Å². The Bertz CT molecular complexity index is 3100. The van der Waals surface area contributed by atoms with Crippen LogP contribution in [0.25, 0.3) is 33.8 Å². The first-order valence-corrected chi connectivity index (χ1v) is 24.7. The molecule has 0 radical (unpaired) electrons. The standard InChI is InChI=1S/C24H28Cl2N8O2S.C19H20Cl2N8S/c1-13-17(25)22(37-31-13)30-20-21-27-10-16(15-9-28-32(5)11-15)34(21)19(26)18(29-20)14-7-6-8-33(12-14)23(35)36-24(2,3)4;1-10-14(20)19(30-27-10)26-17-18-23-8-13(12-7-24-28(2)9-12)29(18)16(21)15(25-17)11-4-3-5-22-6-11/h9-11,14H,6-8,12H2,1-5H3,(H,29,30);7-9,11,22H,3-6H2,1-2H3,(H,25,26). The fourth-order valence-corrected chi connectivity index (χ4v) is 10.8. The van der Waals surface area contributed by atoms with Crippen LogP contribution in [0.15, 0.2) is 37.2 Å². The van der Waals surface area contributed by atoms with Gasteiger partial charge in [-0.2, -0.15) is 18.9 Å². The SMILES string of the molecule is Cc1nsc(Nc2nc(C3CCCN(C(=O)OC(C)(C)C)C3)c(Cl)n3c(-c4cnn(C)c4)cnc23)c1Cl.Cc1nsc(Nc2nc(C3CCCNC3)c(Cl)n3c(-c4cnn(C)c4)cnc23)c1Cl. The molecule has 0 aliphatic carbocycles. The second-order valence-corrected chi connectivity index (χ2v) is 20.6. The van der Waals surface area contributed by atoms with Crippen molar-refractivity contribution in [3.05, 3.63) is 80.3 Å². The van der Waals surface area contributed by atoms with E-state index in [1.165, 1.54) is 23.1 Å². The van der Waals surface area contributed by atoms with Gasteiger partial charge >= 0.3 is 6.09 Å². The van der Waals surface area contributed by atoms with Crippen molar-refractivity contribution < 1.29 is 9.53 Å². The summed E-state index contributed by atoms with van der Waals surface area (Å²) < 4.78 is 21.6. The molecule has 3 N–H and O–H groups in total. The van der Waals surface area contributed by atoms with Crippen molar-refractivity contribution in [1.82, 2.24) is 67.3 Å². The number of carbonyl (C=O) groups is 1. The Labute approximate surface area is 414 Å². The third-order valence-corrected chi connectivity index (χ3v) is 15.0. The van der Waals surface area contributed by atoms with E-state index in [-0.39, 0.29) is 17.9 Å². The lowest BCUT2D eigenvalue weighted by atomic mass is 9.95. The Balaban J connectivity index is 0.000000171. The number of hydrogen-bond acceptors (Lipinski definition) is 15. The first kappa shape index (κ1) is 47.0. The molecule has 352 valence electrons. The summed E-state index contributed by atoms with van der Waals surface area (Å²) in [7, 11) is 3.74. The zero-order valence-electron chi connectivity index (χ0n) is 37.7. The molecule has 8 aromatic rings. The topological polar surface area (TPSA) is 187 Å². The molecular weight excluding hydrogens is 979 g/mol. The number of piperidine rings is 2. The molecule has 2 unspecified atom stereocenters. The number of fused-ring (bicyclic) bond motifs is 2. The number of nitrogens with one attached hydrogen (secondary N) is 3. The number of aromatic nitrogens is 12. The number of imidazole rings is 2. The first-order valence-electron chi connectivity index (χ1n) is 21.6. The van der Waals surface area contributed by atoms with Gasteiger partial charge in [0.2, 0.25) is 0 Å². The second-order valence-electron chi connectivity index (χ2n) is 17.6. The summed E-state index contributed by atoms with van der Waals surface area (Å²) in [5.41, 5.74) is 7.10. The highest BCUT2D eigenvalue weighted by molar-refractivity contribution is 7.11. The van der Waals surface area contributed by atoms with E-state index >= 15 is 0 Å². The third kappa shape index (κ3) is 9.66. The lowest BCUT2D eigenvalue weighted by molar-refractivity contribution is 0.0197. The fraction of sp³-hybridized carbons (Fsp3) is 0.419. The minimum Gasteiger partial charge on any atom is -0.444 e. The molecule has 2 aliphatic rings. The van der Waals surface area contributed by atoms with Crippen LogP contribution in [-0.2, 0) is 18.8 Å². The van der Waals surface area contributed by atoms with Crippen molar-refractivity contribution in [2.24, 2.45) is 14.1 Å². The molecule has 24 heteroatoms. The van der Waals surface area contributed by atoms with Crippen LogP contribution in [0.5, 0.6) is 0 Å². The summed E-state index contributed by atoms with van der Waals surface area (Å²) in [5.74, 6) is 1.25. The van der Waals surface area contributed by atoms with E-state index < -0.39 is 5.60 Å². The fourth-order valence-electron chi connectivity index (χ4n) is 8.16. The van der Waals surface area contributed by atoms with Crippen molar-refractivity contribution in [2.45, 2.75) is 77.7 Å². The van der Waals surface area contributed by atoms with Gasteiger partial charge in [0.1, 0.15) is 25.9 Å². The number of halogens is 4. The Morgan fingerprint density at radius 2 is 1.27 bits per heavy atom. The lowest BCUT2D eigenvalue weighted by Gasteiger charge is -2.34. The van der Waals surface area contributed by atoms with E-state index in [9.17, 15) is 4.79 Å². The molecule has 8 aromatic heterocycles. The van der Waals surface area contributed by atoms with Crippen LogP contribution in [0.3, 0.4) is 0 Å². The predicted molar refractivity (Wildman–Crippen MR) is 265 cm³/mol. The number of rotatable bonds is 8. The van der Waals surface area contributed by atoms with Gasteiger partial charge in [-0.05, 0) is 89.9 Å². The van der Waals surface area contributed by atoms with Crippen LogP contribution in [0.1, 0.15) is 81.1 Å². The van der Waals surface area contributed by atoms with Crippen molar-refractivity contribution in [3.63, 3.8) is 0 Å². The van der Waals surface area contributed by atoms with Crippen LogP contribution < -0.4 is 16.0 Å². The molecule has 1 amide bonds. The van der Waals surface area contributed by atoms with Crippen LogP contribution in [-0.4, -0.2) is 99.8 Å². The predicted octanol–water partition coefficient (Wildman–Crippen LogP) is 10.5. The van der Waals surface area contributed by atoms with Gasteiger partial charge in [-0.3, -0.25) is 18.2 Å². The van der Waals surface area contributed by atoms with Gasteiger partial charge in [0.05, 0.1) is 69.0 Å². The highest BCUT2D eigenvalue weighted by Crippen LogP contribution is 2.40. The lowest BCUT2D eigenvalue weighted by Crippen LogP contribution is -2.42. The van der Waals surface area contributed by atoms with Gasteiger partial charge in [0, 0.05) is 69.1 Å². The van der Waals surface area contributed by atoms with Gasteiger partial charge in [0.15, 0.2) is 22.9 Å². The van der Waals surface area contributed by atoms with Gasteiger partial charge in [-0.15, -0.1) is 0 Å². The smallest absolute Gasteiger partial charge is 0.410 e. The number of nitrogens with zero attached hydrogens (tertiary/aromatic N) is 13. The van der Waals surface area contributed by atoms with Gasteiger partial charge in [0.25, 0.3) is 0 Å². The molecule has 0 saturated carbocycles. The average molecular weight is 1030 g/mol. The quantitative estimate of drug-likeness (QED) is 0.131. The van der Waals surface area contributed by atoms with E-state index in [1.807, 2.05) is 69.9 Å². The molecule has 0 bridgehead atoms. The largest absolute Gasteiger partial charge is 0.444 e. The Kier molecular flexibility index (Phi) is 13.4. The van der Waals surface area contributed by atoms with Crippen molar-refractivity contribution in [3.8, 4) is 22.5 Å². The summed E-state index contributed by atoms with van der Waals surface area (Å²) in [6, 6.07) is 0. The van der Waals surface area contributed by atoms with Gasteiger partial charge < -0.3 is 25.6 Å². The number of anilines is 4. The molecule has 2 fully saturated rings. The molecule has 10 heterocycles. The highest BCUT2D eigenvalue weighted by atomic mass is 35.5. The van der Waals surface area contributed by atoms with E-state index in [0.717, 1.165) is 83.4 Å². The second kappa shape index (κ2) is 19.1. The Morgan fingerprint density at radius 1 is 0.761 bits per heavy atom. The van der Waals surface area contributed by atoms with Crippen molar-refractivity contribution >= 4 is 108 Å². The normalized spacial score (nSPS) is 16.7. The number of aryl methyl sites for hydroxylation is 4. The summed E-state index contributed by atoms with van der Waals surface area (Å²) in [4.78, 5) is 33.7. The van der Waals surface area contributed by atoms with Gasteiger partial charge in [-0.25, -0.2) is 24.7 Å². The Morgan fingerprint density at radius 3 is 1.70 bits per heavy atom. The Hall–Kier alpha value is -5.09. The molecule has 2 saturated heterocycles. The maximum Gasteiger partial charge on any atom is 0.410 e. The van der Waals surface area contributed by atoms with Crippen molar-refractivity contribution in [1.29, 1.82) is 0 Å². The highest BCUT2D eigenvalue weighted by Gasteiger charge is 2.33. The number of amides is 1. The molecule has 0 spiro atoms. The minimum absolute atomic E-state index is 0.0958. The molecule has 67 heavy (non-hydrogen) atoms. The zero-order chi connectivity index (χ0) is 47.3. The van der Waals surface area contributed by atoms with Crippen LogP contribution in [0.4, 0.5) is 26.4 Å². The molecule has 2 aliphatic heterocycles. The number of hydrogen-bond donors (Lipinski definition) is 3.